The second kappa shape index (κ2) is 6.10. The van der Waals surface area contributed by atoms with Crippen LogP contribution in [0.3, 0.4) is 0 Å². The Kier molecular flexibility index (Phi) is 4.76. The summed E-state index contributed by atoms with van der Waals surface area (Å²) in [7, 11) is 0. The number of hydrogen-bond donors (Lipinski definition) is 2. The summed E-state index contributed by atoms with van der Waals surface area (Å²) >= 11 is 0. The number of urea groups is 1. The van der Waals surface area contributed by atoms with E-state index in [1.54, 1.807) is 12.1 Å². The Hall–Kier alpha value is -1.58. The van der Waals surface area contributed by atoms with E-state index in [-0.39, 0.29) is 11.7 Å². The van der Waals surface area contributed by atoms with Crippen LogP contribution in [0.15, 0.2) is 18.2 Å². The highest BCUT2D eigenvalue weighted by Gasteiger charge is 2.05. The number of rotatable bonds is 4. The largest absolute Gasteiger partial charge is 0.338 e. The summed E-state index contributed by atoms with van der Waals surface area (Å²) in [4.78, 5) is 11.4. The third-order valence-corrected chi connectivity index (χ3v) is 2.19. The Bertz CT molecular complexity index is 366. The van der Waals surface area contributed by atoms with Crippen molar-refractivity contribution in [2.24, 2.45) is 0 Å². The number of halogens is 1. The molecule has 0 radical (unpaired) electrons. The zero-order valence-corrected chi connectivity index (χ0v) is 9.64. The van der Waals surface area contributed by atoms with Crippen molar-refractivity contribution in [3.63, 3.8) is 0 Å². The van der Waals surface area contributed by atoms with Crippen LogP contribution < -0.4 is 10.6 Å². The van der Waals surface area contributed by atoms with Crippen molar-refractivity contribution in [2.75, 3.05) is 11.9 Å². The average molecular weight is 224 g/mol. The molecule has 0 unspecified atom stereocenters. The van der Waals surface area contributed by atoms with E-state index in [0.29, 0.717) is 6.54 Å². The Balaban J connectivity index is 2.52. The second-order valence-corrected chi connectivity index (χ2v) is 3.72. The Morgan fingerprint density at radius 2 is 2.19 bits per heavy atom. The molecule has 1 aromatic carbocycles. The molecule has 4 heteroatoms. The van der Waals surface area contributed by atoms with E-state index in [2.05, 4.69) is 10.6 Å². The van der Waals surface area contributed by atoms with Gasteiger partial charge in [0.2, 0.25) is 0 Å². The fourth-order valence-electron chi connectivity index (χ4n) is 1.28. The van der Waals surface area contributed by atoms with Gasteiger partial charge in [0.05, 0.1) is 5.69 Å². The molecule has 2 N–H and O–H groups in total. The lowest BCUT2D eigenvalue weighted by Gasteiger charge is -2.08. The first-order chi connectivity index (χ1) is 7.63. The lowest BCUT2D eigenvalue weighted by atomic mass is 10.2. The van der Waals surface area contributed by atoms with Crippen molar-refractivity contribution in [2.45, 2.75) is 26.7 Å². The van der Waals surface area contributed by atoms with Crippen molar-refractivity contribution < 1.29 is 9.18 Å². The Morgan fingerprint density at radius 1 is 1.44 bits per heavy atom. The normalized spacial score (nSPS) is 9.94. The first-order valence-corrected chi connectivity index (χ1v) is 5.44. The predicted molar refractivity (Wildman–Crippen MR) is 63.1 cm³/mol. The SMILES string of the molecule is CCCCNC(=O)Nc1cc(C)ccc1F. The van der Waals surface area contributed by atoms with Crippen LogP contribution >= 0.6 is 0 Å². The van der Waals surface area contributed by atoms with E-state index in [4.69, 9.17) is 0 Å². The van der Waals surface area contributed by atoms with E-state index >= 15 is 0 Å². The highest BCUT2D eigenvalue weighted by atomic mass is 19.1. The number of hydrogen-bond acceptors (Lipinski definition) is 1. The average Bonchev–Trinajstić information content (AvgIpc) is 2.24. The molecule has 0 aromatic heterocycles. The second-order valence-electron chi connectivity index (χ2n) is 3.72. The molecule has 0 aliphatic carbocycles. The van der Waals surface area contributed by atoms with Crippen LogP contribution in [0.5, 0.6) is 0 Å². The van der Waals surface area contributed by atoms with Crippen molar-refractivity contribution >= 4 is 11.7 Å². The Morgan fingerprint density at radius 3 is 2.88 bits per heavy atom. The van der Waals surface area contributed by atoms with Crippen LogP contribution in [0.2, 0.25) is 0 Å². The number of aryl methyl sites for hydroxylation is 1. The molecular formula is C12H17FN2O. The lowest BCUT2D eigenvalue weighted by molar-refractivity contribution is 0.252. The molecular weight excluding hydrogens is 207 g/mol. The monoisotopic (exact) mass is 224 g/mol. The quantitative estimate of drug-likeness (QED) is 0.758. The summed E-state index contributed by atoms with van der Waals surface area (Å²) < 4.78 is 13.3. The van der Waals surface area contributed by atoms with Gasteiger partial charge in [-0.1, -0.05) is 19.4 Å². The maximum Gasteiger partial charge on any atom is 0.319 e. The highest BCUT2D eigenvalue weighted by Crippen LogP contribution is 2.15. The number of carbonyl (C=O) groups is 1. The van der Waals surface area contributed by atoms with Crippen LogP contribution in [-0.4, -0.2) is 12.6 Å². The maximum absolute atomic E-state index is 13.3. The van der Waals surface area contributed by atoms with E-state index in [9.17, 15) is 9.18 Å². The Labute approximate surface area is 95.0 Å². The molecule has 0 heterocycles. The number of anilines is 1. The third kappa shape index (κ3) is 3.88. The summed E-state index contributed by atoms with van der Waals surface area (Å²) in [6.45, 7) is 4.50. The van der Waals surface area contributed by atoms with Gasteiger partial charge in [-0.05, 0) is 31.0 Å². The number of unbranched alkanes of at least 4 members (excludes halogenated alkanes) is 1. The van der Waals surface area contributed by atoms with E-state index in [0.717, 1.165) is 18.4 Å². The van der Waals surface area contributed by atoms with Gasteiger partial charge in [0.1, 0.15) is 5.82 Å². The van der Waals surface area contributed by atoms with Crippen LogP contribution in [0, 0.1) is 12.7 Å². The van der Waals surface area contributed by atoms with Gasteiger partial charge in [0, 0.05) is 6.54 Å². The summed E-state index contributed by atoms with van der Waals surface area (Å²) in [5.41, 5.74) is 1.12. The van der Waals surface area contributed by atoms with Gasteiger partial charge >= 0.3 is 6.03 Å². The van der Waals surface area contributed by atoms with Crippen LogP contribution in [-0.2, 0) is 0 Å². The standard InChI is InChI=1S/C12H17FN2O/c1-3-4-7-14-12(16)15-11-8-9(2)5-6-10(11)13/h5-6,8H,3-4,7H2,1-2H3,(H2,14,15,16). The molecule has 1 aromatic rings. The number of benzene rings is 1. The number of nitrogens with one attached hydrogen (secondary N) is 2. The lowest BCUT2D eigenvalue weighted by Crippen LogP contribution is -2.29. The zero-order chi connectivity index (χ0) is 12.0. The molecule has 0 saturated carbocycles. The summed E-state index contributed by atoms with van der Waals surface area (Å²) in [5.74, 6) is -0.420. The van der Waals surface area contributed by atoms with E-state index < -0.39 is 5.82 Å². The molecule has 0 aliphatic rings. The predicted octanol–water partition coefficient (Wildman–Crippen LogP) is 3.06. The molecule has 16 heavy (non-hydrogen) atoms. The first-order valence-electron chi connectivity index (χ1n) is 5.44. The van der Waals surface area contributed by atoms with Crippen molar-refractivity contribution in [3.8, 4) is 0 Å². The summed E-state index contributed by atoms with van der Waals surface area (Å²) in [6.07, 6.45) is 1.93. The molecule has 0 atom stereocenters. The van der Waals surface area contributed by atoms with Gasteiger partial charge in [-0.25, -0.2) is 9.18 Å². The van der Waals surface area contributed by atoms with Crippen molar-refractivity contribution in [3.05, 3.63) is 29.6 Å². The molecule has 0 fully saturated rings. The molecule has 0 bridgehead atoms. The van der Waals surface area contributed by atoms with Gasteiger partial charge in [-0.2, -0.15) is 0 Å². The fourth-order valence-corrected chi connectivity index (χ4v) is 1.28. The van der Waals surface area contributed by atoms with E-state index in [1.165, 1.54) is 6.07 Å². The first kappa shape index (κ1) is 12.5. The zero-order valence-electron chi connectivity index (χ0n) is 9.64. The van der Waals surface area contributed by atoms with E-state index in [1.807, 2.05) is 13.8 Å². The van der Waals surface area contributed by atoms with Crippen LogP contribution in [0.25, 0.3) is 0 Å². The van der Waals surface area contributed by atoms with Gasteiger partial charge in [0.15, 0.2) is 0 Å². The molecule has 0 aliphatic heterocycles. The highest BCUT2D eigenvalue weighted by molar-refractivity contribution is 5.89. The summed E-state index contributed by atoms with van der Waals surface area (Å²) in [6, 6.07) is 4.25. The molecule has 3 nitrogen and oxygen atoms in total. The maximum atomic E-state index is 13.3. The van der Waals surface area contributed by atoms with Gasteiger partial charge in [-0.15, -0.1) is 0 Å². The van der Waals surface area contributed by atoms with Gasteiger partial charge in [0.25, 0.3) is 0 Å². The van der Waals surface area contributed by atoms with Gasteiger partial charge < -0.3 is 10.6 Å². The van der Waals surface area contributed by atoms with Crippen molar-refractivity contribution in [1.82, 2.24) is 5.32 Å². The molecule has 0 spiro atoms. The molecule has 88 valence electrons. The van der Waals surface area contributed by atoms with Crippen molar-refractivity contribution in [1.29, 1.82) is 0 Å². The summed E-state index contributed by atoms with van der Waals surface area (Å²) in [5, 5.41) is 5.15. The van der Waals surface area contributed by atoms with Crippen LogP contribution in [0.1, 0.15) is 25.3 Å². The minimum atomic E-state index is -0.420. The molecule has 0 saturated heterocycles. The smallest absolute Gasteiger partial charge is 0.319 e. The van der Waals surface area contributed by atoms with Gasteiger partial charge in [-0.3, -0.25) is 0 Å². The third-order valence-electron chi connectivity index (χ3n) is 2.19. The minimum Gasteiger partial charge on any atom is -0.338 e. The van der Waals surface area contributed by atoms with Crippen LogP contribution in [0.4, 0.5) is 14.9 Å². The number of amides is 2. The molecule has 2 amide bonds. The minimum absolute atomic E-state index is 0.217. The topological polar surface area (TPSA) is 41.1 Å². The fraction of sp³-hybridized carbons (Fsp3) is 0.417. The number of carbonyl (C=O) groups excluding carboxylic acids is 1. The molecule has 1 rings (SSSR count).